The first-order chi connectivity index (χ1) is 18.0. The molecule has 3 fully saturated rings. The molecule has 0 bridgehead atoms. The summed E-state index contributed by atoms with van der Waals surface area (Å²) >= 11 is 6.16. The summed E-state index contributed by atoms with van der Waals surface area (Å²) in [4.78, 5) is 30.4. The Morgan fingerprint density at radius 1 is 1.03 bits per heavy atom. The Morgan fingerprint density at radius 2 is 1.84 bits per heavy atom. The highest BCUT2D eigenvalue weighted by molar-refractivity contribution is 6.30. The lowest BCUT2D eigenvalue weighted by molar-refractivity contribution is 0.0606. The molecular weight excluding hydrogens is 484 g/mol. The number of pyridine rings is 1. The Kier molecular flexibility index (Phi) is 6.95. The Morgan fingerprint density at radius 3 is 2.57 bits per heavy atom. The summed E-state index contributed by atoms with van der Waals surface area (Å²) in [6.45, 7) is 10.5. The predicted octanol–water partition coefficient (Wildman–Crippen LogP) is 4.65. The first-order valence-corrected chi connectivity index (χ1v) is 14.2. The Balaban J connectivity index is 1.14. The van der Waals surface area contributed by atoms with Gasteiger partial charge in [-0.15, -0.1) is 0 Å². The van der Waals surface area contributed by atoms with Crippen LogP contribution in [0.1, 0.15) is 56.2 Å². The maximum Gasteiger partial charge on any atom is 0.264 e. The molecule has 2 aromatic heterocycles. The summed E-state index contributed by atoms with van der Waals surface area (Å²) in [5.74, 6) is 0.824. The van der Waals surface area contributed by atoms with E-state index >= 15 is 0 Å². The number of nitrogens with zero attached hydrogens (tertiary/aromatic N) is 6. The number of benzene rings is 1. The summed E-state index contributed by atoms with van der Waals surface area (Å²) in [6, 6.07) is 11.3. The van der Waals surface area contributed by atoms with Crippen molar-refractivity contribution in [3.63, 3.8) is 0 Å². The van der Waals surface area contributed by atoms with Gasteiger partial charge in [0.2, 0.25) is 5.95 Å². The van der Waals surface area contributed by atoms with Crippen LogP contribution in [0, 0.1) is 6.92 Å². The zero-order chi connectivity index (χ0) is 25.5. The average molecular weight is 521 g/mol. The van der Waals surface area contributed by atoms with E-state index in [1.54, 1.807) is 6.20 Å². The topological polar surface area (TPSA) is 57.5 Å². The van der Waals surface area contributed by atoms with Gasteiger partial charge < -0.3 is 4.90 Å². The van der Waals surface area contributed by atoms with E-state index in [4.69, 9.17) is 16.6 Å². The third-order valence-corrected chi connectivity index (χ3v) is 8.81. The molecule has 1 saturated carbocycles. The number of halogens is 1. The minimum absolute atomic E-state index is 0.0642. The van der Waals surface area contributed by atoms with E-state index in [9.17, 15) is 4.79 Å². The average Bonchev–Trinajstić information content (AvgIpc) is 3.75. The van der Waals surface area contributed by atoms with Crippen molar-refractivity contribution in [1.29, 1.82) is 0 Å². The van der Waals surface area contributed by atoms with E-state index in [1.165, 1.54) is 24.0 Å². The van der Waals surface area contributed by atoms with Gasteiger partial charge in [-0.2, -0.15) is 4.98 Å². The van der Waals surface area contributed by atoms with Crippen LogP contribution in [0.5, 0.6) is 0 Å². The van der Waals surface area contributed by atoms with Crippen molar-refractivity contribution in [3.05, 3.63) is 63.0 Å². The fourth-order valence-corrected chi connectivity index (χ4v) is 6.52. The lowest BCUT2D eigenvalue weighted by Gasteiger charge is -2.48. The van der Waals surface area contributed by atoms with Crippen LogP contribution in [0.3, 0.4) is 0 Å². The van der Waals surface area contributed by atoms with E-state index in [0.717, 1.165) is 69.5 Å². The summed E-state index contributed by atoms with van der Waals surface area (Å²) < 4.78 is 1.96. The third-order valence-electron chi connectivity index (χ3n) is 8.58. The third kappa shape index (κ3) is 5.01. The fourth-order valence-electron chi connectivity index (χ4n) is 6.29. The van der Waals surface area contributed by atoms with Gasteiger partial charge in [-0.3, -0.25) is 19.2 Å². The van der Waals surface area contributed by atoms with Gasteiger partial charge in [0.15, 0.2) is 5.65 Å². The first-order valence-electron chi connectivity index (χ1n) is 13.9. The maximum absolute atomic E-state index is 13.4. The van der Waals surface area contributed by atoms with E-state index in [1.807, 2.05) is 22.8 Å². The minimum atomic E-state index is 0.0642. The van der Waals surface area contributed by atoms with Crippen LogP contribution in [-0.4, -0.2) is 69.1 Å². The number of aryl methyl sites for hydroxylation is 1. The first kappa shape index (κ1) is 24.8. The van der Waals surface area contributed by atoms with Crippen LogP contribution in [0.25, 0.3) is 11.0 Å². The number of rotatable bonds is 6. The van der Waals surface area contributed by atoms with Crippen molar-refractivity contribution in [3.8, 4) is 0 Å². The zero-order valence-corrected chi connectivity index (χ0v) is 22.7. The van der Waals surface area contributed by atoms with Gasteiger partial charge in [-0.1, -0.05) is 24.6 Å². The molecule has 3 aliphatic rings. The van der Waals surface area contributed by atoms with Crippen molar-refractivity contribution in [2.45, 2.75) is 70.6 Å². The molecule has 0 N–H and O–H groups in total. The SMILES string of the molecule is CC[C@H]1CN(c2nc3ncccc3c(=O)n2C2CC2)CCN1C1CCN(Cc2ccc(Cl)cc2C)CC1. The van der Waals surface area contributed by atoms with Crippen LogP contribution in [-0.2, 0) is 6.54 Å². The van der Waals surface area contributed by atoms with Crippen molar-refractivity contribution in [1.82, 2.24) is 24.3 Å². The Hall–Kier alpha value is -2.48. The fraction of sp³-hybridized carbons (Fsp3) is 0.552. The van der Waals surface area contributed by atoms with E-state index in [0.29, 0.717) is 23.1 Å². The quantitative estimate of drug-likeness (QED) is 0.471. The van der Waals surface area contributed by atoms with Crippen molar-refractivity contribution >= 4 is 28.6 Å². The summed E-state index contributed by atoms with van der Waals surface area (Å²) in [5.41, 5.74) is 3.29. The number of fused-ring (bicyclic) bond motifs is 1. The highest BCUT2D eigenvalue weighted by atomic mass is 35.5. The second-order valence-electron chi connectivity index (χ2n) is 11.0. The molecule has 2 saturated heterocycles. The van der Waals surface area contributed by atoms with E-state index < -0.39 is 0 Å². The molecule has 2 aliphatic heterocycles. The van der Waals surface area contributed by atoms with E-state index in [2.05, 4.69) is 45.7 Å². The number of hydrogen-bond donors (Lipinski definition) is 0. The highest BCUT2D eigenvalue weighted by Gasteiger charge is 2.36. The predicted molar refractivity (Wildman–Crippen MR) is 150 cm³/mol. The van der Waals surface area contributed by atoms with Gasteiger partial charge in [0, 0.05) is 55.5 Å². The van der Waals surface area contributed by atoms with Crippen LogP contribution >= 0.6 is 11.6 Å². The Labute approximate surface area is 224 Å². The van der Waals surface area contributed by atoms with Crippen LogP contribution in [0.15, 0.2) is 41.3 Å². The van der Waals surface area contributed by atoms with Crippen LogP contribution in [0.4, 0.5) is 5.95 Å². The number of piperazine rings is 1. The molecule has 0 spiro atoms. The van der Waals surface area contributed by atoms with Gasteiger partial charge >= 0.3 is 0 Å². The zero-order valence-electron chi connectivity index (χ0n) is 21.9. The molecule has 196 valence electrons. The summed E-state index contributed by atoms with van der Waals surface area (Å²) in [7, 11) is 0. The monoisotopic (exact) mass is 520 g/mol. The smallest absolute Gasteiger partial charge is 0.264 e. The molecule has 3 aromatic rings. The minimum Gasteiger partial charge on any atom is -0.339 e. The Bertz CT molecular complexity index is 1330. The van der Waals surface area contributed by atoms with Gasteiger partial charge in [-0.05, 0) is 87.5 Å². The number of hydrogen-bond acceptors (Lipinski definition) is 6. The van der Waals surface area contributed by atoms with Gasteiger partial charge in [0.25, 0.3) is 5.56 Å². The molecule has 8 heteroatoms. The van der Waals surface area contributed by atoms with Gasteiger partial charge in [0.1, 0.15) is 0 Å². The second kappa shape index (κ2) is 10.4. The molecule has 0 amide bonds. The molecule has 1 aromatic carbocycles. The molecule has 6 rings (SSSR count). The van der Waals surface area contributed by atoms with Crippen molar-refractivity contribution in [2.24, 2.45) is 0 Å². The lowest BCUT2D eigenvalue weighted by atomic mass is 9.97. The number of aromatic nitrogens is 3. The number of piperidine rings is 1. The maximum atomic E-state index is 13.4. The van der Waals surface area contributed by atoms with Gasteiger partial charge in [0.05, 0.1) is 5.39 Å². The van der Waals surface area contributed by atoms with E-state index in [-0.39, 0.29) is 11.6 Å². The molecule has 1 aliphatic carbocycles. The summed E-state index contributed by atoms with van der Waals surface area (Å²) in [5, 5.41) is 1.44. The van der Waals surface area contributed by atoms with Crippen LogP contribution < -0.4 is 10.5 Å². The molecule has 0 radical (unpaired) electrons. The second-order valence-corrected chi connectivity index (χ2v) is 11.5. The molecular formula is C29H37ClN6O. The highest BCUT2D eigenvalue weighted by Crippen LogP contribution is 2.37. The molecule has 7 nitrogen and oxygen atoms in total. The molecule has 4 heterocycles. The lowest BCUT2D eigenvalue weighted by Crippen LogP contribution is -2.59. The molecule has 1 atom stereocenters. The standard InChI is InChI=1S/C29H37ClN6O/c1-3-23-19-34(29-32-27-26(5-4-12-31-27)28(37)36(29)25-8-9-25)15-16-35(23)24-10-13-33(14-11-24)18-21-6-7-22(30)17-20(21)2/h4-7,12,17,23-25H,3,8-11,13-16,18-19H2,1-2H3/t23-/m0/s1. The van der Waals surface area contributed by atoms with Crippen molar-refractivity contribution < 1.29 is 0 Å². The normalized spacial score (nSPS) is 22.1. The number of likely N-dealkylation sites (tertiary alicyclic amines) is 1. The molecule has 37 heavy (non-hydrogen) atoms. The number of anilines is 1. The molecule has 0 unspecified atom stereocenters. The van der Waals surface area contributed by atoms with Crippen molar-refractivity contribution in [2.75, 3.05) is 37.6 Å². The largest absolute Gasteiger partial charge is 0.339 e. The summed E-state index contributed by atoms with van der Waals surface area (Å²) in [6.07, 6.45) is 7.35. The van der Waals surface area contributed by atoms with Gasteiger partial charge in [-0.25, -0.2) is 4.98 Å². The van der Waals surface area contributed by atoms with Crippen LogP contribution in [0.2, 0.25) is 5.02 Å².